The fourth-order valence-corrected chi connectivity index (χ4v) is 4.72. The molecule has 1 aromatic heterocycles. The molecule has 0 spiro atoms. The second kappa shape index (κ2) is 7.12. The number of hydrogen-bond donors (Lipinski definition) is 0. The molecule has 0 bridgehead atoms. The smallest absolute Gasteiger partial charge is 0.349 e. The van der Waals surface area contributed by atoms with Crippen LogP contribution in [-0.2, 0) is 9.53 Å². The summed E-state index contributed by atoms with van der Waals surface area (Å²) in [6.45, 7) is 7.08. The van der Waals surface area contributed by atoms with Crippen LogP contribution in [0.5, 0.6) is 0 Å². The third-order valence-corrected chi connectivity index (χ3v) is 5.87. The van der Waals surface area contributed by atoms with Gasteiger partial charge in [-0.2, -0.15) is 0 Å². The summed E-state index contributed by atoms with van der Waals surface area (Å²) in [5.74, 6) is -0.175. The Morgan fingerprint density at radius 2 is 1.96 bits per heavy atom. The quantitative estimate of drug-likeness (QED) is 0.774. The van der Waals surface area contributed by atoms with Crippen molar-refractivity contribution in [3.63, 3.8) is 0 Å². The lowest BCUT2D eigenvalue weighted by molar-refractivity contribution is -0.137. The average molecular weight is 363 g/mol. The van der Waals surface area contributed by atoms with Crippen molar-refractivity contribution in [2.75, 3.05) is 19.7 Å². The minimum atomic E-state index is -0.565. The number of likely N-dealkylation sites (tertiary alicyclic amines) is 1. The Balaban J connectivity index is 1.68. The molecule has 1 aliphatic heterocycles. The largest absolute Gasteiger partial charge is 0.451 e. The molecule has 1 aliphatic rings. The number of piperidine rings is 1. The first-order valence-electron chi connectivity index (χ1n) is 8.49. The zero-order valence-electron chi connectivity index (χ0n) is 14.7. The van der Waals surface area contributed by atoms with E-state index in [2.05, 4.69) is 13.8 Å². The number of amides is 1. The van der Waals surface area contributed by atoms with Gasteiger partial charge in [0, 0.05) is 23.2 Å². The van der Waals surface area contributed by atoms with Gasteiger partial charge in [0.1, 0.15) is 10.7 Å². The summed E-state index contributed by atoms with van der Waals surface area (Å²) in [6.07, 6.45) is 1.11. The number of aryl methyl sites for hydroxylation is 1. The van der Waals surface area contributed by atoms with Crippen molar-refractivity contribution < 1.29 is 18.7 Å². The molecule has 6 heteroatoms. The average Bonchev–Trinajstić information content (AvgIpc) is 2.89. The molecule has 0 aliphatic carbocycles. The summed E-state index contributed by atoms with van der Waals surface area (Å²) < 4.78 is 19.9. The highest BCUT2D eigenvalue weighted by molar-refractivity contribution is 7.21. The van der Waals surface area contributed by atoms with Crippen LogP contribution in [0.15, 0.2) is 18.2 Å². The Morgan fingerprint density at radius 3 is 2.60 bits per heavy atom. The lowest BCUT2D eigenvalue weighted by Gasteiger charge is -2.34. The second-order valence-corrected chi connectivity index (χ2v) is 8.04. The van der Waals surface area contributed by atoms with E-state index >= 15 is 0 Å². The Kier molecular flexibility index (Phi) is 5.08. The zero-order chi connectivity index (χ0) is 18.1. The highest BCUT2D eigenvalue weighted by Crippen LogP contribution is 2.33. The molecule has 0 radical (unpaired) electrons. The van der Waals surface area contributed by atoms with E-state index in [9.17, 15) is 14.0 Å². The third kappa shape index (κ3) is 3.68. The number of esters is 1. The van der Waals surface area contributed by atoms with Crippen molar-refractivity contribution in [2.45, 2.75) is 27.2 Å². The summed E-state index contributed by atoms with van der Waals surface area (Å²) in [6, 6.07) is 4.76. The molecule has 1 amide bonds. The molecule has 1 fully saturated rings. The van der Waals surface area contributed by atoms with E-state index in [0.29, 0.717) is 45.5 Å². The van der Waals surface area contributed by atoms with E-state index in [1.165, 1.54) is 17.4 Å². The minimum Gasteiger partial charge on any atom is -0.451 e. The van der Waals surface area contributed by atoms with Gasteiger partial charge in [-0.1, -0.05) is 19.9 Å². The number of carbonyl (C=O) groups is 2. The molecule has 2 aromatic rings. The second-order valence-electron chi connectivity index (χ2n) is 6.99. The van der Waals surface area contributed by atoms with Gasteiger partial charge in [0.05, 0.1) is 0 Å². The number of benzene rings is 1. The number of ether oxygens (including phenoxy) is 1. The maximum absolute atomic E-state index is 13.9. The number of fused-ring (bicyclic) bond motifs is 1. The van der Waals surface area contributed by atoms with E-state index in [1.807, 2.05) is 0 Å². The fraction of sp³-hybridized carbons (Fsp3) is 0.474. The third-order valence-electron chi connectivity index (χ3n) is 4.64. The Morgan fingerprint density at radius 1 is 1.28 bits per heavy atom. The number of carbonyl (C=O) groups excluding carboxylic acids is 2. The predicted octanol–water partition coefficient (Wildman–Crippen LogP) is 4.01. The molecule has 2 atom stereocenters. The number of thiophene rings is 1. The summed E-state index contributed by atoms with van der Waals surface area (Å²) in [5.41, 5.74) is 0.566. The first-order valence-corrected chi connectivity index (χ1v) is 9.31. The summed E-state index contributed by atoms with van der Waals surface area (Å²) >= 11 is 1.19. The Hall–Kier alpha value is -1.95. The number of rotatable bonds is 3. The Bertz CT molecular complexity index is 806. The molecule has 0 N–H and O–H groups in total. The van der Waals surface area contributed by atoms with Crippen molar-refractivity contribution in [1.29, 1.82) is 0 Å². The monoisotopic (exact) mass is 363 g/mol. The summed E-state index contributed by atoms with van der Waals surface area (Å²) in [5, 5.41) is 0.449. The van der Waals surface area contributed by atoms with Crippen LogP contribution < -0.4 is 0 Å². The standard InChI is InChI=1S/C19H22FNO3S/c1-11-7-12(2)9-21(8-11)16(22)10-24-19(23)18-13(3)17-14(20)5-4-6-15(17)25-18/h4-6,11-12H,7-10H2,1-3H3. The molecule has 3 rings (SSSR count). The maximum Gasteiger partial charge on any atom is 0.349 e. The topological polar surface area (TPSA) is 46.6 Å². The lowest BCUT2D eigenvalue weighted by atomic mass is 9.92. The van der Waals surface area contributed by atoms with Crippen LogP contribution in [0.3, 0.4) is 0 Å². The van der Waals surface area contributed by atoms with Gasteiger partial charge in [0.15, 0.2) is 6.61 Å². The van der Waals surface area contributed by atoms with Gasteiger partial charge < -0.3 is 9.64 Å². The van der Waals surface area contributed by atoms with Gasteiger partial charge in [-0.25, -0.2) is 9.18 Å². The van der Waals surface area contributed by atoms with Crippen molar-refractivity contribution in [3.05, 3.63) is 34.5 Å². The maximum atomic E-state index is 13.9. The van der Waals surface area contributed by atoms with E-state index in [0.717, 1.165) is 6.42 Å². The molecule has 134 valence electrons. The minimum absolute atomic E-state index is 0.170. The number of halogens is 1. The van der Waals surface area contributed by atoms with Gasteiger partial charge in [0.25, 0.3) is 5.91 Å². The summed E-state index contributed by atoms with van der Waals surface area (Å²) in [4.78, 5) is 26.8. The van der Waals surface area contributed by atoms with Gasteiger partial charge in [0.2, 0.25) is 0 Å². The molecular weight excluding hydrogens is 341 g/mol. The van der Waals surface area contributed by atoms with E-state index in [4.69, 9.17) is 4.74 Å². The van der Waals surface area contributed by atoms with Gasteiger partial charge >= 0.3 is 5.97 Å². The van der Waals surface area contributed by atoms with E-state index in [1.54, 1.807) is 24.0 Å². The van der Waals surface area contributed by atoms with E-state index < -0.39 is 5.97 Å². The molecule has 2 heterocycles. The first kappa shape index (κ1) is 17.9. The van der Waals surface area contributed by atoms with Gasteiger partial charge in [-0.05, 0) is 42.9 Å². The molecule has 25 heavy (non-hydrogen) atoms. The summed E-state index contributed by atoms with van der Waals surface area (Å²) in [7, 11) is 0. The van der Waals surface area contributed by atoms with Crippen LogP contribution in [0.2, 0.25) is 0 Å². The highest BCUT2D eigenvalue weighted by atomic mass is 32.1. The van der Waals surface area contributed by atoms with Crippen molar-refractivity contribution in [2.24, 2.45) is 11.8 Å². The van der Waals surface area contributed by atoms with Crippen LogP contribution in [-0.4, -0.2) is 36.5 Å². The number of hydrogen-bond acceptors (Lipinski definition) is 4. The highest BCUT2D eigenvalue weighted by Gasteiger charge is 2.26. The Labute approximate surface area is 150 Å². The van der Waals surface area contributed by atoms with Crippen LogP contribution in [0, 0.1) is 24.6 Å². The number of nitrogens with zero attached hydrogens (tertiary/aromatic N) is 1. The van der Waals surface area contributed by atoms with Crippen molar-refractivity contribution in [1.82, 2.24) is 4.90 Å². The van der Waals surface area contributed by atoms with Gasteiger partial charge in [-0.3, -0.25) is 4.79 Å². The van der Waals surface area contributed by atoms with E-state index in [-0.39, 0.29) is 18.3 Å². The van der Waals surface area contributed by atoms with Crippen LogP contribution in [0.25, 0.3) is 10.1 Å². The van der Waals surface area contributed by atoms with Crippen molar-refractivity contribution >= 4 is 33.3 Å². The SMILES string of the molecule is Cc1c(C(=O)OCC(=O)N2CC(C)CC(C)C2)sc2cccc(F)c12. The fourth-order valence-electron chi connectivity index (χ4n) is 3.60. The molecule has 1 saturated heterocycles. The zero-order valence-corrected chi connectivity index (χ0v) is 15.5. The van der Waals surface area contributed by atoms with Crippen LogP contribution in [0.1, 0.15) is 35.5 Å². The predicted molar refractivity (Wildman–Crippen MR) is 96.3 cm³/mol. The molecular formula is C19H22FNO3S. The normalized spacial score (nSPS) is 20.7. The van der Waals surface area contributed by atoms with Crippen LogP contribution in [0.4, 0.5) is 4.39 Å². The molecule has 0 saturated carbocycles. The van der Waals surface area contributed by atoms with Crippen LogP contribution >= 0.6 is 11.3 Å². The lowest BCUT2D eigenvalue weighted by Crippen LogP contribution is -2.44. The van der Waals surface area contributed by atoms with Gasteiger partial charge in [-0.15, -0.1) is 11.3 Å². The van der Waals surface area contributed by atoms with Crippen molar-refractivity contribution in [3.8, 4) is 0 Å². The molecule has 2 unspecified atom stereocenters. The first-order chi connectivity index (χ1) is 11.9. The molecule has 4 nitrogen and oxygen atoms in total. The molecule has 1 aromatic carbocycles.